The molecule has 1 rings (SSSR count). The van der Waals surface area contributed by atoms with Gasteiger partial charge in [-0.25, -0.2) is 4.79 Å². The molecule has 0 saturated carbocycles. The molecule has 1 aromatic rings. The molecule has 76 valence electrons. The van der Waals surface area contributed by atoms with Crippen LogP contribution in [-0.2, 0) is 11.3 Å². The minimum atomic E-state index is -1.00. The van der Waals surface area contributed by atoms with Crippen molar-refractivity contribution in [2.24, 2.45) is 0 Å². The fourth-order valence-electron chi connectivity index (χ4n) is 0.990. The quantitative estimate of drug-likeness (QED) is 0.664. The highest BCUT2D eigenvalue weighted by atomic mass is 16.4. The smallest absolute Gasteiger partial charge is 0.352 e. The number of rotatable bonds is 4. The van der Waals surface area contributed by atoms with Crippen molar-refractivity contribution in [1.29, 1.82) is 0 Å². The number of carbonyl (C=O) groups is 2. The number of carboxylic acids is 1. The number of hydrogen-bond donors (Lipinski definition) is 3. The third kappa shape index (κ3) is 2.62. The molecular weight excluding hydrogens is 184 g/mol. The van der Waals surface area contributed by atoms with Gasteiger partial charge in [-0.15, -0.1) is 0 Å². The number of amides is 1. The second-order valence-corrected chi connectivity index (χ2v) is 2.86. The van der Waals surface area contributed by atoms with E-state index in [4.69, 9.17) is 5.11 Å². The first-order valence-electron chi connectivity index (χ1n) is 4.30. The second-order valence-electron chi connectivity index (χ2n) is 2.86. The van der Waals surface area contributed by atoms with Crippen LogP contribution in [0.2, 0.25) is 0 Å². The van der Waals surface area contributed by atoms with Crippen LogP contribution < -0.4 is 5.32 Å². The molecule has 0 aliphatic rings. The summed E-state index contributed by atoms with van der Waals surface area (Å²) in [5.41, 5.74) is 0.884. The molecule has 0 aliphatic carbocycles. The maximum absolute atomic E-state index is 10.9. The van der Waals surface area contributed by atoms with Crippen LogP contribution in [0.25, 0.3) is 0 Å². The van der Waals surface area contributed by atoms with E-state index in [2.05, 4.69) is 10.3 Å². The van der Waals surface area contributed by atoms with Crippen molar-refractivity contribution in [2.75, 3.05) is 0 Å². The molecule has 0 unspecified atom stereocenters. The average Bonchev–Trinajstić information content (AvgIpc) is 2.62. The topological polar surface area (TPSA) is 82.2 Å². The molecule has 3 N–H and O–H groups in total. The molecule has 1 heterocycles. The Morgan fingerprint density at radius 3 is 2.79 bits per heavy atom. The number of hydrogen-bond acceptors (Lipinski definition) is 2. The van der Waals surface area contributed by atoms with Gasteiger partial charge in [0.05, 0.1) is 0 Å². The van der Waals surface area contributed by atoms with E-state index < -0.39 is 5.97 Å². The lowest BCUT2D eigenvalue weighted by atomic mass is 10.3. The van der Waals surface area contributed by atoms with Crippen molar-refractivity contribution in [1.82, 2.24) is 10.3 Å². The number of nitrogens with one attached hydrogen (secondary N) is 2. The first-order chi connectivity index (χ1) is 6.63. The number of carbonyl (C=O) groups excluding carboxylic acids is 1. The summed E-state index contributed by atoms with van der Waals surface area (Å²) in [7, 11) is 0. The van der Waals surface area contributed by atoms with E-state index >= 15 is 0 Å². The Balaban J connectivity index is 2.52. The minimum absolute atomic E-state index is 0.0527. The maximum atomic E-state index is 10.9. The monoisotopic (exact) mass is 196 g/mol. The van der Waals surface area contributed by atoms with Crippen LogP contribution in [0.3, 0.4) is 0 Å². The first kappa shape index (κ1) is 10.3. The van der Waals surface area contributed by atoms with Crippen molar-refractivity contribution >= 4 is 11.9 Å². The Morgan fingerprint density at radius 1 is 1.57 bits per heavy atom. The lowest BCUT2D eigenvalue weighted by Gasteiger charge is -1.99. The van der Waals surface area contributed by atoms with E-state index in [0.29, 0.717) is 13.0 Å². The van der Waals surface area contributed by atoms with Crippen LogP contribution in [0.5, 0.6) is 0 Å². The fraction of sp³-hybridized carbons (Fsp3) is 0.333. The van der Waals surface area contributed by atoms with Crippen LogP contribution in [0.4, 0.5) is 0 Å². The van der Waals surface area contributed by atoms with E-state index in [-0.39, 0.29) is 11.6 Å². The molecule has 0 bridgehead atoms. The van der Waals surface area contributed by atoms with Gasteiger partial charge < -0.3 is 15.4 Å². The van der Waals surface area contributed by atoms with E-state index in [9.17, 15) is 9.59 Å². The van der Waals surface area contributed by atoms with Crippen LogP contribution in [0.15, 0.2) is 12.3 Å². The normalized spacial score (nSPS) is 9.79. The SMILES string of the molecule is CCC(=O)NCc1c[nH]c(C(=O)O)c1. The molecule has 5 nitrogen and oxygen atoms in total. The third-order valence-electron chi connectivity index (χ3n) is 1.78. The van der Waals surface area contributed by atoms with Gasteiger partial charge >= 0.3 is 5.97 Å². The van der Waals surface area contributed by atoms with Crippen molar-refractivity contribution in [3.05, 3.63) is 23.5 Å². The van der Waals surface area contributed by atoms with Crippen molar-refractivity contribution in [2.45, 2.75) is 19.9 Å². The zero-order valence-electron chi connectivity index (χ0n) is 7.83. The number of aromatic carboxylic acids is 1. The van der Waals surface area contributed by atoms with Crippen molar-refractivity contribution in [3.63, 3.8) is 0 Å². The average molecular weight is 196 g/mol. The lowest BCUT2D eigenvalue weighted by Crippen LogP contribution is -2.21. The minimum Gasteiger partial charge on any atom is -0.477 e. The van der Waals surface area contributed by atoms with Crippen LogP contribution in [0, 0.1) is 0 Å². The number of aromatic amines is 1. The van der Waals surface area contributed by atoms with Crippen LogP contribution in [-0.4, -0.2) is 22.0 Å². The molecule has 0 aliphatic heterocycles. The van der Waals surface area contributed by atoms with E-state index in [0.717, 1.165) is 5.56 Å². The van der Waals surface area contributed by atoms with Gasteiger partial charge in [-0.05, 0) is 11.6 Å². The number of aromatic nitrogens is 1. The molecule has 0 fully saturated rings. The fourth-order valence-corrected chi connectivity index (χ4v) is 0.990. The highest BCUT2D eigenvalue weighted by molar-refractivity contribution is 5.85. The Morgan fingerprint density at radius 2 is 2.29 bits per heavy atom. The second kappa shape index (κ2) is 4.45. The Hall–Kier alpha value is -1.78. The molecule has 14 heavy (non-hydrogen) atoms. The highest BCUT2D eigenvalue weighted by Gasteiger charge is 2.06. The zero-order chi connectivity index (χ0) is 10.6. The van der Waals surface area contributed by atoms with E-state index in [1.165, 1.54) is 6.07 Å². The van der Waals surface area contributed by atoms with E-state index in [1.54, 1.807) is 13.1 Å². The van der Waals surface area contributed by atoms with Crippen molar-refractivity contribution in [3.8, 4) is 0 Å². The van der Waals surface area contributed by atoms with Gasteiger partial charge in [0.1, 0.15) is 5.69 Å². The Labute approximate surface area is 81.1 Å². The molecule has 5 heteroatoms. The lowest BCUT2D eigenvalue weighted by molar-refractivity contribution is -0.120. The van der Waals surface area contributed by atoms with Crippen LogP contribution in [0.1, 0.15) is 29.4 Å². The van der Waals surface area contributed by atoms with Gasteiger partial charge in [-0.1, -0.05) is 6.92 Å². The number of carboxylic acid groups (broad SMARTS) is 1. The Kier molecular flexibility index (Phi) is 3.28. The van der Waals surface area contributed by atoms with Gasteiger partial charge in [-0.2, -0.15) is 0 Å². The third-order valence-corrected chi connectivity index (χ3v) is 1.78. The predicted octanol–water partition coefficient (Wildman–Crippen LogP) is 0.739. The summed E-state index contributed by atoms with van der Waals surface area (Å²) in [4.78, 5) is 24.0. The van der Waals surface area contributed by atoms with E-state index in [1.807, 2.05) is 0 Å². The van der Waals surface area contributed by atoms with Gasteiger partial charge in [0, 0.05) is 19.2 Å². The summed E-state index contributed by atoms with van der Waals surface area (Å²) in [5.74, 6) is -1.05. The molecule has 0 saturated heterocycles. The zero-order valence-corrected chi connectivity index (χ0v) is 7.83. The summed E-state index contributed by atoms with van der Waals surface area (Å²) < 4.78 is 0. The van der Waals surface area contributed by atoms with Gasteiger partial charge in [0.25, 0.3) is 0 Å². The molecule has 0 aromatic carbocycles. The predicted molar refractivity (Wildman–Crippen MR) is 49.9 cm³/mol. The van der Waals surface area contributed by atoms with Gasteiger partial charge in [-0.3, -0.25) is 4.79 Å². The molecular formula is C9H12N2O3. The first-order valence-corrected chi connectivity index (χ1v) is 4.30. The molecule has 0 radical (unpaired) electrons. The molecule has 0 atom stereocenters. The van der Waals surface area contributed by atoms with Gasteiger partial charge in [0.15, 0.2) is 0 Å². The molecule has 1 aromatic heterocycles. The largest absolute Gasteiger partial charge is 0.477 e. The van der Waals surface area contributed by atoms with Crippen LogP contribution >= 0.6 is 0 Å². The number of H-pyrrole nitrogens is 1. The van der Waals surface area contributed by atoms with Crippen molar-refractivity contribution < 1.29 is 14.7 Å². The molecule has 1 amide bonds. The van der Waals surface area contributed by atoms with Gasteiger partial charge in [0.2, 0.25) is 5.91 Å². The Bertz CT molecular complexity index is 344. The standard InChI is InChI=1S/C9H12N2O3/c1-2-8(12)11-5-6-3-7(9(13)14)10-4-6/h3-4,10H,2,5H2,1H3,(H,11,12)(H,13,14). The summed E-state index contributed by atoms with van der Waals surface area (Å²) in [6.45, 7) is 2.12. The summed E-state index contributed by atoms with van der Waals surface area (Å²) in [6.07, 6.45) is 2.00. The highest BCUT2D eigenvalue weighted by Crippen LogP contribution is 2.02. The maximum Gasteiger partial charge on any atom is 0.352 e. The summed E-state index contributed by atoms with van der Waals surface area (Å²) >= 11 is 0. The summed E-state index contributed by atoms with van der Waals surface area (Å²) in [5, 5.41) is 11.3. The molecule has 0 spiro atoms. The summed E-state index contributed by atoms with van der Waals surface area (Å²) in [6, 6.07) is 1.50.